The van der Waals surface area contributed by atoms with Gasteiger partial charge >= 0.3 is 0 Å². The van der Waals surface area contributed by atoms with E-state index in [1.54, 1.807) is 0 Å². The first-order valence-corrected chi connectivity index (χ1v) is 9.28. The van der Waals surface area contributed by atoms with Crippen LogP contribution in [0.2, 0.25) is 0 Å². The molecule has 2 aliphatic rings. The molecule has 1 aromatic rings. The van der Waals surface area contributed by atoms with E-state index >= 15 is 0 Å². The highest BCUT2D eigenvalue weighted by molar-refractivity contribution is 9.11. The van der Waals surface area contributed by atoms with Crippen LogP contribution in [-0.4, -0.2) is 23.4 Å². The fourth-order valence-corrected chi connectivity index (χ4v) is 4.21. The zero-order valence-electron chi connectivity index (χ0n) is 11.9. The Labute approximate surface area is 142 Å². The Morgan fingerprint density at radius 3 is 2.38 bits per heavy atom. The molecule has 0 amide bonds. The van der Waals surface area contributed by atoms with E-state index in [4.69, 9.17) is 4.74 Å². The van der Waals surface area contributed by atoms with Crippen LogP contribution in [0.1, 0.15) is 44.1 Å². The number of benzene rings is 1. The zero-order chi connectivity index (χ0) is 14.8. The van der Waals surface area contributed by atoms with Gasteiger partial charge in [-0.15, -0.1) is 0 Å². The highest BCUT2D eigenvalue weighted by Gasteiger charge is 2.26. The van der Waals surface area contributed by atoms with Gasteiger partial charge in [-0.05, 0) is 81.7 Å². The predicted octanol–water partition coefficient (Wildman–Crippen LogP) is 4.15. The lowest BCUT2D eigenvalue weighted by molar-refractivity contribution is 0.00608. The van der Waals surface area contributed by atoms with Crippen molar-refractivity contribution in [2.24, 2.45) is 0 Å². The van der Waals surface area contributed by atoms with Gasteiger partial charge in [0, 0.05) is 12.6 Å². The molecule has 0 radical (unpaired) electrons. The van der Waals surface area contributed by atoms with Gasteiger partial charge in [0.15, 0.2) is 0 Å². The second kappa shape index (κ2) is 6.99. The summed E-state index contributed by atoms with van der Waals surface area (Å²) in [6, 6.07) is 4.91. The van der Waals surface area contributed by atoms with Gasteiger partial charge in [0.2, 0.25) is 0 Å². The lowest BCUT2D eigenvalue weighted by atomic mass is 9.95. The summed E-state index contributed by atoms with van der Waals surface area (Å²) < 4.78 is 7.95. The number of ether oxygens (including phenoxy) is 1. The quantitative estimate of drug-likeness (QED) is 0.754. The number of aliphatic hydroxyl groups is 1. The van der Waals surface area contributed by atoms with Gasteiger partial charge in [0.1, 0.15) is 11.9 Å². The van der Waals surface area contributed by atoms with Gasteiger partial charge in [-0.25, -0.2) is 0 Å². The van der Waals surface area contributed by atoms with Gasteiger partial charge in [-0.1, -0.05) is 6.42 Å². The average molecular weight is 419 g/mol. The molecule has 0 heterocycles. The molecule has 3 rings (SSSR count). The van der Waals surface area contributed by atoms with Gasteiger partial charge in [0.05, 0.1) is 15.0 Å². The Morgan fingerprint density at radius 1 is 1.10 bits per heavy atom. The van der Waals surface area contributed by atoms with Crippen LogP contribution in [0.5, 0.6) is 5.75 Å². The van der Waals surface area contributed by atoms with Gasteiger partial charge < -0.3 is 15.2 Å². The highest BCUT2D eigenvalue weighted by atomic mass is 79.9. The largest absolute Gasteiger partial charge is 0.485 e. The van der Waals surface area contributed by atoms with E-state index < -0.39 is 0 Å². The molecule has 2 fully saturated rings. The van der Waals surface area contributed by atoms with Crippen LogP contribution in [0.4, 0.5) is 0 Å². The first kappa shape index (κ1) is 15.8. The van der Waals surface area contributed by atoms with Crippen molar-refractivity contribution >= 4 is 31.9 Å². The molecule has 2 N–H and O–H groups in total. The third kappa shape index (κ3) is 4.21. The van der Waals surface area contributed by atoms with Crippen molar-refractivity contribution in [3.8, 4) is 5.75 Å². The summed E-state index contributed by atoms with van der Waals surface area (Å²) in [6.45, 7) is 0.883. The topological polar surface area (TPSA) is 41.5 Å². The zero-order valence-corrected chi connectivity index (χ0v) is 15.1. The molecule has 2 atom stereocenters. The number of nitrogens with one attached hydrogen (secondary N) is 1. The second-order valence-electron chi connectivity index (χ2n) is 6.05. The van der Waals surface area contributed by atoms with Crippen LogP contribution in [0.25, 0.3) is 0 Å². The Morgan fingerprint density at radius 2 is 1.76 bits per heavy atom. The van der Waals surface area contributed by atoms with E-state index in [1.165, 1.54) is 18.4 Å². The normalized spacial score (nSPS) is 25.9. The average Bonchev–Trinajstić information content (AvgIpc) is 3.26. The highest BCUT2D eigenvalue weighted by Crippen LogP contribution is 2.37. The molecule has 0 aromatic heterocycles. The van der Waals surface area contributed by atoms with Crippen molar-refractivity contribution in [3.63, 3.8) is 0 Å². The molecule has 2 unspecified atom stereocenters. The Bertz CT molecular complexity index is 482. The van der Waals surface area contributed by atoms with Crippen molar-refractivity contribution in [1.82, 2.24) is 5.32 Å². The lowest BCUT2D eigenvalue weighted by Crippen LogP contribution is -2.34. The minimum atomic E-state index is -0.353. The Kier molecular flexibility index (Phi) is 5.25. The number of halogens is 2. The summed E-state index contributed by atoms with van der Waals surface area (Å²) in [5.41, 5.74) is 1.23. The Balaban J connectivity index is 1.69. The van der Waals surface area contributed by atoms with Gasteiger partial charge in [0.25, 0.3) is 0 Å². The Hall–Kier alpha value is -0.100. The molecule has 2 aliphatic carbocycles. The fraction of sp³-hybridized carbons (Fsp3) is 0.625. The van der Waals surface area contributed by atoms with Crippen LogP contribution < -0.4 is 10.1 Å². The van der Waals surface area contributed by atoms with E-state index in [1.807, 2.05) is 0 Å². The summed E-state index contributed by atoms with van der Waals surface area (Å²) in [7, 11) is 0. The molecule has 1 aromatic carbocycles. The SMILES string of the molecule is OC1CCCCC1Oc1c(Br)cc(CNC2CC2)cc1Br. The maximum absolute atomic E-state index is 10.1. The monoisotopic (exact) mass is 417 g/mol. The summed E-state index contributed by atoms with van der Waals surface area (Å²) in [6.07, 6.45) is 6.12. The molecule has 2 saturated carbocycles. The number of hydrogen-bond donors (Lipinski definition) is 2. The van der Waals surface area contributed by atoms with Crippen molar-refractivity contribution in [3.05, 3.63) is 26.6 Å². The molecular weight excluding hydrogens is 398 g/mol. The van der Waals surface area contributed by atoms with E-state index in [2.05, 4.69) is 49.3 Å². The summed E-state index contributed by atoms with van der Waals surface area (Å²) in [5, 5.41) is 13.6. The predicted molar refractivity (Wildman–Crippen MR) is 90.6 cm³/mol. The van der Waals surface area contributed by atoms with Crippen LogP contribution in [0.3, 0.4) is 0 Å². The van der Waals surface area contributed by atoms with Crippen LogP contribution in [-0.2, 0) is 6.54 Å². The molecule has 5 heteroatoms. The van der Waals surface area contributed by atoms with E-state index in [0.29, 0.717) is 6.04 Å². The standard InChI is InChI=1S/C16H21Br2NO2/c17-12-7-10(9-19-11-5-6-11)8-13(18)16(12)21-15-4-2-1-3-14(15)20/h7-8,11,14-15,19-20H,1-6,9H2. The van der Waals surface area contributed by atoms with Crippen molar-refractivity contribution in [2.45, 2.75) is 63.3 Å². The molecule has 0 saturated heterocycles. The van der Waals surface area contributed by atoms with E-state index in [-0.39, 0.29) is 12.2 Å². The molecule has 21 heavy (non-hydrogen) atoms. The molecular formula is C16H21Br2NO2. The van der Waals surface area contributed by atoms with Crippen LogP contribution in [0, 0.1) is 0 Å². The maximum atomic E-state index is 10.1. The van der Waals surface area contributed by atoms with E-state index in [9.17, 15) is 5.11 Å². The van der Waals surface area contributed by atoms with Crippen LogP contribution in [0.15, 0.2) is 21.1 Å². The van der Waals surface area contributed by atoms with Crippen LogP contribution >= 0.6 is 31.9 Å². The molecule has 0 bridgehead atoms. The smallest absolute Gasteiger partial charge is 0.148 e. The van der Waals surface area contributed by atoms with Gasteiger partial charge in [-0.2, -0.15) is 0 Å². The van der Waals surface area contributed by atoms with Crippen molar-refractivity contribution in [1.29, 1.82) is 0 Å². The third-order valence-corrected chi connectivity index (χ3v) is 5.35. The maximum Gasteiger partial charge on any atom is 0.148 e. The van der Waals surface area contributed by atoms with E-state index in [0.717, 1.165) is 46.9 Å². The summed E-state index contributed by atoms with van der Waals surface area (Å²) in [4.78, 5) is 0. The molecule has 116 valence electrons. The molecule has 0 spiro atoms. The molecule has 0 aliphatic heterocycles. The van der Waals surface area contributed by atoms with Crippen molar-refractivity contribution < 1.29 is 9.84 Å². The number of hydrogen-bond acceptors (Lipinski definition) is 3. The third-order valence-electron chi connectivity index (χ3n) is 4.17. The number of rotatable bonds is 5. The first-order valence-electron chi connectivity index (χ1n) is 7.69. The summed E-state index contributed by atoms with van der Waals surface area (Å²) >= 11 is 7.21. The molecule has 3 nitrogen and oxygen atoms in total. The van der Waals surface area contributed by atoms with Gasteiger partial charge in [-0.3, -0.25) is 0 Å². The van der Waals surface area contributed by atoms with Crippen molar-refractivity contribution in [2.75, 3.05) is 0 Å². The summed E-state index contributed by atoms with van der Waals surface area (Å²) in [5.74, 6) is 0.802. The lowest BCUT2D eigenvalue weighted by Gasteiger charge is -2.29. The fourth-order valence-electron chi connectivity index (χ4n) is 2.74. The second-order valence-corrected chi connectivity index (χ2v) is 7.76. The number of aliphatic hydroxyl groups excluding tert-OH is 1. The minimum absolute atomic E-state index is 0.0956. The first-order chi connectivity index (χ1) is 10.1. The minimum Gasteiger partial charge on any atom is -0.485 e.